The van der Waals surface area contributed by atoms with E-state index < -0.39 is 11.9 Å². The van der Waals surface area contributed by atoms with Crippen LogP contribution in [0.25, 0.3) is 0 Å². The molecular formula is C20H24F3N3O2. The van der Waals surface area contributed by atoms with Crippen LogP contribution >= 0.6 is 0 Å². The number of carbonyl (C=O) groups is 1. The molecule has 0 saturated carbocycles. The maximum Gasteiger partial charge on any atom is 0.435 e. The summed E-state index contributed by atoms with van der Waals surface area (Å²) < 4.78 is 46.2. The van der Waals surface area contributed by atoms with Crippen molar-refractivity contribution in [1.29, 1.82) is 0 Å². The molecule has 0 saturated heterocycles. The molecule has 5 nitrogen and oxygen atoms in total. The Hall–Kier alpha value is -2.51. The number of benzene rings is 1. The summed E-state index contributed by atoms with van der Waals surface area (Å²) in [4.78, 5) is 12.1. The van der Waals surface area contributed by atoms with Crippen molar-refractivity contribution in [1.82, 2.24) is 9.78 Å². The highest BCUT2D eigenvalue weighted by Crippen LogP contribution is 2.35. The van der Waals surface area contributed by atoms with E-state index in [2.05, 4.69) is 10.4 Å². The first-order chi connectivity index (χ1) is 13.4. The lowest BCUT2D eigenvalue weighted by Crippen LogP contribution is -2.13. The standard InChI is InChI=1S/C20H24F3N3O2/c1-28-15-8-6-7-14(13-15)24-18(27)11-4-5-12-26-17-10-3-2-9-16(17)19(25-26)20(21,22)23/h6-8,13H,2-5,9-12H2,1H3,(H,24,27). The van der Waals surface area contributed by atoms with Gasteiger partial charge in [0.1, 0.15) is 5.75 Å². The molecule has 0 atom stereocenters. The van der Waals surface area contributed by atoms with Crippen molar-refractivity contribution in [3.8, 4) is 5.75 Å². The van der Waals surface area contributed by atoms with Crippen molar-refractivity contribution >= 4 is 11.6 Å². The van der Waals surface area contributed by atoms with Crippen molar-refractivity contribution in [2.75, 3.05) is 12.4 Å². The van der Waals surface area contributed by atoms with Crippen molar-refractivity contribution in [3.05, 3.63) is 41.2 Å². The first-order valence-electron chi connectivity index (χ1n) is 9.48. The number of ether oxygens (including phenoxy) is 1. The van der Waals surface area contributed by atoms with Crippen LogP contribution in [0.4, 0.5) is 18.9 Å². The molecule has 0 aliphatic heterocycles. The summed E-state index contributed by atoms with van der Waals surface area (Å²) in [6.07, 6.45) is -0.216. The molecule has 152 valence electrons. The Balaban J connectivity index is 1.52. The first kappa shape index (κ1) is 20.2. The molecule has 0 unspecified atom stereocenters. The molecule has 1 aliphatic carbocycles. The van der Waals surface area contributed by atoms with Gasteiger partial charge in [0.15, 0.2) is 5.69 Å². The number of rotatable bonds is 7. The Kier molecular flexibility index (Phi) is 6.26. The quantitative estimate of drug-likeness (QED) is 0.697. The van der Waals surface area contributed by atoms with Gasteiger partial charge in [-0.15, -0.1) is 0 Å². The molecule has 0 bridgehead atoms. The zero-order valence-electron chi connectivity index (χ0n) is 15.8. The highest BCUT2D eigenvalue weighted by Gasteiger charge is 2.39. The number of aryl methyl sites for hydroxylation is 1. The normalized spacial score (nSPS) is 13.9. The number of unbranched alkanes of at least 4 members (excludes halogenated alkanes) is 1. The monoisotopic (exact) mass is 395 g/mol. The van der Waals surface area contributed by atoms with Crippen LogP contribution in [-0.2, 0) is 30.4 Å². The van der Waals surface area contributed by atoms with Crippen molar-refractivity contribution in [2.45, 2.75) is 57.7 Å². The lowest BCUT2D eigenvalue weighted by atomic mass is 9.95. The number of amides is 1. The summed E-state index contributed by atoms with van der Waals surface area (Å²) in [6.45, 7) is 0.394. The van der Waals surface area contributed by atoms with Crippen molar-refractivity contribution in [2.24, 2.45) is 0 Å². The number of alkyl halides is 3. The van der Waals surface area contributed by atoms with Crippen LogP contribution in [-0.4, -0.2) is 22.8 Å². The molecule has 1 heterocycles. The highest BCUT2D eigenvalue weighted by atomic mass is 19.4. The Morgan fingerprint density at radius 3 is 2.79 bits per heavy atom. The number of methoxy groups -OCH3 is 1. The molecule has 2 aromatic rings. The molecule has 0 radical (unpaired) electrons. The van der Waals surface area contributed by atoms with E-state index in [-0.39, 0.29) is 5.91 Å². The Labute approximate surface area is 161 Å². The SMILES string of the molecule is COc1cccc(NC(=O)CCCCn2nc(C(F)(F)F)c3c2CCCC3)c1. The average Bonchev–Trinajstić information content (AvgIpc) is 3.05. The molecule has 0 spiro atoms. The van der Waals surface area contributed by atoms with Crippen LogP contribution in [0, 0.1) is 0 Å². The number of hydrogen-bond donors (Lipinski definition) is 1. The molecule has 1 N–H and O–H groups in total. The molecule has 1 aromatic carbocycles. The largest absolute Gasteiger partial charge is 0.497 e. The van der Waals surface area contributed by atoms with Gasteiger partial charge in [-0.3, -0.25) is 9.48 Å². The fourth-order valence-corrected chi connectivity index (χ4v) is 3.55. The third kappa shape index (κ3) is 4.85. The number of nitrogens with zero attached hydrogens (tertiary/aromatic N) is 2. The van der Waals surface area contributed by atoms with Crippen LogP contribution in [0.15, 0.2) is 24.3 Å². The van der Waals surface area contributed by atoms with Gasteiger partial charge >= 0.3 is 6.18 Å². The number of nitrogens with one attached hydrogen (secondary N) is 1. The van der Waals surface area contributed by atoms with Crippen molar-refractivity contribution in [3.63, 3.8) is 0 Å². The third-order valence-corrected chi connectivity index (χ3v) is 4.90. The van der Waals surface area contributed by atoms with Gasteiger partial charge in [-0.1, -0.05) is 6.07 Å². The predicted octanol–water partition coefficient (Wildman–Crippen LogP) is 4.60. The molecule has 28 heavy (non-hydrogen) atoms. The average molecular weight is 395 g/mol. The summed E-state index contributed by atoms with van der Waals surface area (Å²) >= 11 is 0. The number of anilines is 1. The van der Waals surface area contributed by atoms with Crippen molar-refractivity contribution < 1.29 is 22.7 Å². The number of halogens is 3. The molecule has 1 amide bonds. The number of carbonyl (C=O) groups excluding carboxylic acids is 1. The number of fused-ring (bicyclic) bond motifs is 1. The fraction of sp³-hybridized carbons (Fsp3) is 0.500. The minimum Gasteiger partial charge on any atom is -0.497 e. The molecular weight excluding hydrogens is 371 g/mol. The van der Waals surface area contributed by atoms with Gasteiger partial charge in [-0.2, -0.15) is 18.3 Å². The maximum absolute atomic E-state index is 13.2. The van der Waals surface area contributed by atoms with Gasteiger partial charge in [0.2, 0.25) is 5.91 Å². The Morgan fingerprint density at radius 1 is 1.25 bits per heavy atom. The fourth-order valence-electron chi connectivity index (χ4n) is 3.55. The van der Waals surface area contributed by atoms with Gasteiger partial charge in [-0.25, -0.2) is 0 Å². The highest BCUT2D eigenvalue weighted by molar-refractivity contribution is 5.90. The van der Waals surface area contributed by atoms with E-state index in [9.17, 15) is 18.0 Å². The minimum atomic E-state index is -4.41. The lowest BCUT2D eigenvalue weighted by molar-refractivity contribution is -0.142. The molecule has 1 aromatic heterocycles. The summed E-state index contributed by atoms with van der Waals surface area (Å²) in [5.74, 6) is 0.522. The van der Waals surface area contributed by atoms with Gasteiger partial charge < -0.3 is 10.1 Å². The molecule has 1 aliphatic rings. The Morgan fingerprint density at radius 2 is 2.04 bits per heavy atom. The van der Waals surface area contributed by atoms with E-state index in [0.29, 0.717) is 61.3 Å². The maximum atomic E-state index is 13.2. The molecule has 3 rings (SSSR count). The molecule has 8 heteroatoms. The van der Waals surface area contributed by atoms with E-state index in [4.69, 9.17) is 4.74 Å². The summed E-state index contributed by atoms with van der Waals surface area (Å²) in [5, 5.41) is 6.64. The minimum absolute atomic E-state index is 0.133. The topological polar surface area (TPSA) is 56.1 Å². The van der Waals surface area contributed by atoms with Gasteiger partial charge in [0.25, 0.3) is 0 Å². The third-order valence-electron chi connectivity index (χ3n) is 4.90. The second-order valence-corrected chi connectivity index (χ2v) is 6.94. The second-order valence-electron chi connectivity index (χ2n) is 6.94. The Bertz CT molecular complexity index is 831. The predicted molar refractivity (Wildman–Crippen MR) is 99.3 cm³/mol. The van der Waals surface area contributed by atoms with Crippen LogP contribution in [0.2, 0.25) is 0 Å². The van der Waals surface area contributed by atoms with Gasteiger partial charge in [0, 0.05) is 36.0 Å². The van der Waals surface area contributed by atoms with E-state index >= 15 is 0 Å². The zero-order chi connectivity index (χ0) is 20.1. The lowest BCUT2D eigenvalue weighted by Gasteiger charge is -2.14. The van der Waals surface area contributed by atoms with E-state index in [0.717, 1.165) is 12.8 Å². The number of hydrogen-bond acceptors (Lipinski definition) is 3. The van der Waals surface area contributed by atoms with Gasteiger partial charge in [0.05, 0.1) is 7.11 Å². The zero-order valence-corrected chi connectivity index (χ0v) is 15.8. The smallest absolute Gasteiger partial charge is 0.435 e. The summed E-state index contributed by atoms with van der Waals surface area (Å²) in [6, 6.07) is 7.07. The van der Waals surface area contributed by atoms with Crippen LogP contribution in [0.5, 0.6) is 5.75 Å². The molecule has 0 fully saturated rings. The van der Waals surface area contributed by atoms with Crippen LogP contribution in [0.1, 0.15) is 49.1 Å². The summed E-state index contributed by atoms with van der Waals surface area (Å²) in [5.41, 5.74) is 0.979. The van der Waals surface area contributed by atoms with Gasteiger partial charge in [-0.05, 0) is 50.7 Å². The van der Waals surface area contributed by atoms with Crippen LogP contribution in [0.3, 0.4) is 0 Å². The van der Waals surface area contributed by atoms with E-state index in [1.54, 1.807) is 31.4 Å². The second kappa shape index (κ2) is 8.67. The van der Waals surface area contributed by atoms with Crippen LogP contribution < -0.4 is 10.1 Å². The summed E-state index contributed by atoms with van der Waals surface area (Å²) in [7, 11) is 1.55. The first-order valence-corrected chi connectivity index (χ1v) is 9.48. The number of aromatic nitrogens is 2. The van der Waals surface area contributed by atoms with E-state index in [1.807, 2.05) is 0 Å². The van der Waals surface area contributed by atoms with E-state index in [1.165, 1.54) is 4.68 Å².